The predicted molar refractivity (Wildman–Crippen MR) is 78.3 cm³/mol. The molecule has 1 amide bonds. The van der Waals surface area contributed by atoms with Crippen molar-refractivity contribution in [2.24, 2.45) is 5.92 Å². The summed E-state index contributed by atoms with van der Waals surface area (Å²) in [5.41, 5.74) is -0.662. The van der Waals surface area contributed by atoms with E-state index in [1.54, 1.807) is 13.8 Å². The van der Waals surface area contributed by atoms with E-state index in [4.69, 9.17) is 0 Å². The molecule has 1 N–H and O–H groups in total. The molecule has 116 valence electrons. The Hall–Kier alpha value is -0.760. The van der Waals surface area contributed by atoms with E-state index in [1.165, 1.54) is 18.9 Å². The summed E-state index contributed by atoms with van der Waals surface area (Å²) in [4.78, 5) is 23.0. The van der Waals surface area contributed by atoms with Crippen LogP contribution in [0.5, 0.6) is 0 Å². The van der Waals surface area contributed by atoms with Gasteiger partial charge in [0.2, 0.25) is 5.91 Å². The van der Waals surface area contributed by atoms with Crippen LogP contribution < -0.4 is 5.32 Å². The van der Waals surface area contributed by atoms with Gasteiger partial charge in [-0.15, -0.1) is 0 Å². The molecular formula is C12H21NO5S2. The highest BCUT2D eigenvalue weighted by molar-refractivity contribution is 7.99. The maximum Gasteiger partial charge on any atom is 0.309 e. The van der Waals surface area contributed by atoms with Crippen LogP contribution in [0.2, 0.25) is 0 Å². The lowest BCUT2D eigenvalue weighted by Gasteiger charge is -2.23. The van der Waals surface area contributed by atoms with Crippen molar-refractivity contribution >= 4 is 33.5 Å². The molecule has 1 fully saturated rings. The highest BCUT2D eigenvalue weighted by Gasteiger charge is 2.39. The van der Waals surface area contributed by atoms with Gasteiger partial charge in [-0.3, -0.25) is 9.59 Å². The molecule has 1 heterocycles. The third-order valence-corrected chi connectivity index (χ3v) is 6.25. The van der Waals surface area contributed by atoms with Crippen LogP contribution in [0.4, 0.5) is 0 Å². The lowest BCUT2D eigenvalue weighted by molar-refractivity contribution is -0.144. The zero-order valence-electron chi connectivity index (χ0n) is 12.0. The first-order chi connectivity index (χ1) is 9.17. The molecule has 0 radical (unpaired) electrons. The van der Waals surface area contributed by atoms with Gasteiger partial charge in [0.05, 0.1) is 35.8 Å². The molecule has 0 spiro atoms. The highest BCUT2D eigenvalue weighted by atomic mass is 32.2. The Morgan fingerprint density at radius 2 is 2.10 bits per heavy atom. The first kappa shape index (κ1) is 17.3. The molecule has 6 nitrogen and oxygen atoms in total. The predicted octanol–water partition coefficient (Wildman–Crippen LogP) is 0.222. The summed E-state index contributed by atoms with van der Waals surface area (Å²) in [6.45, 7) is 3.48. The van der Waals surface area contributed by atoms with Crippen LogP contribution in [0.3, 0.4) is 0 Å². The summed E-state index contributed by atoms with van der Waals surface area (Å²) in [6.07, 6.45) is 0.449. The number of amides is 1. The second kappa shape index (κ2) is 6.80. The second-order valence-electron chi connectivity index (χ2n) is 5.39. The minimum Gasteiger partial charge on any atom is -0.469 e. The van der Waals surface area contributed by atoms with E-state index in [1.807, 2.05) is 0 Å². The summed E-state index contributed by atoms with van der Waals surface area (Å²) in [5.74, 6) is 0.0517. The van der Waals surface area contributed by atoms with E-state index < -0.39 is 15.4 Å². The van der Waals surface area contributed by atoms with Gasteiger partial charge in [-0.1, -0.05) is 6.92 Å². The van der Waals surface area contributed by atoms with Gasteiger partial charge in [-0.05, 0) is 13.3 Å². The molecule has 0 aliphatic carbocycles. The smallest absolute Gasteiger partial charge is 0.309 e. The Kier molecular flexibility index (Phi) is 5.88. The number of carbonyl (C=O) groups excluding carboxylic acids is 2. The minimum atomic E-state index is -3.03. The summed E-state index contributed by atoms with van der Waals surface area (Å²) < 4.78 is 27.5. The number of esters is 1. The van der Waals surface area contributed by atoms with E-state index >= 15 is 0 Å². The third kappa shape index (κ3) is 5.32. The number of ether oxygens (including phenoxy) is 1. The summed E-state index contributed by atoms with van der Waals surface area (Å²) >= 11 is 1.33. The SMILES string of the molecule is COC(=O)C(C)CSCC(=O)NC1(C)CCS(=O)(=O)C1. The number of hydrogen-bond donors (Lipinski definition) is 1. The van der Waals surface area contributed by atoms with Gasteiger partial charge >= 0.3 is 5.97 Å². The zero-order valence-corrected chi connectivity index (χ0v) is 13.6. The van der Waals surface area contributed by atoms with Crippen molar-refractivity contribution in [3.63, 3.8) is 0 Å². The summed E-state index contributed by atoms with van der Waals surface area (Å²) in [6, 6.07) is 0. The molecule has 0 aromatic heterocycles. The average molecular weight is 323 g/mol. The third-order valence-electron chi connectivity index (χ3n) is 3.15. The molecule has 0 bridgehead atoms. The van der Waals surface area contributed by atoms with Gasteiger partial charge in [0.15, 0.2) is 9.84 Å². The largest absolute Gasteiger partial charge is 0.469 e. The highest BCUT2D eigenvalue weighted by Crippen LogP contribution is 2.23. The maximum atomic E-state index is 11.8. The Bertz CT molecular complexity index is 476. The van der Waals surface area contributed by atoms with E-state index in [0.29, 0.717) is 12.2 Å². The normalized spacial score (nSPS) is 25.9. The van der Waals surface area contributed by atoms with Crippen molar-refractivity contribution in [1.82, 2.24) is 5.32 Å². The number of nitrogens with one attached hydrogen (secondary N) is 1. The number of sulfone groups is 1. The molecule has 1 aliphatic heterocycles. The van der Waals surface area contributed by atoms with E-state index in [9.17, 15) is 18.0 Å². The van der Waals surface area contributed by atoms with Gasteiger partial charge in [0.1, 0.15) is 0 Å². The summed E-state index contributed by atoms with van der Waals surface area (Å²) in [7, 11) is -1.70. The minimum absolute atomic E-state index is 0.00499. The molecule has 1 aliphatic rings. The standard InChI is InChI=1S/C12H21NO5S2/c1-9(11(15)18-3)6-19-7-10(14)13-12(2)4-5-20(16,17)8-12/h9H,4-8H2,1-3H3,(H,13,14). The molecule has 0 aromatic rings. The molecular weight excluding hydrogens is 302 g/mol. The van der Waals surface area contributed by atoms with Gasteiger partial charge in [-0.25, -0.2) is 8.42 Å². The number of hydrogen-bond acceptors (Lipinski definition) is 6. The first-order valence-corrected chi connectivity index (χ1v) is 9.32. The van der Waals surface area contributed by atoms with Gasteiger partial charge < -0.3 is 10.1 Å². The topological polar surface area (TPSA) is 89.5 Å². The fourth-order valence-electron chi connectivity index (χ4n) is 2.08. The van der Waals surface area contributed by atoms with Crippen LogP contribution in [0, 0.1) is 5.92 Å². The van der Waals surface area contributed by atoms with Crippen molar-refractivity contribution in [3.8, 4) is 0 Å². The van der Waals surface area contributed by atoms with E-state index in [-0.39, 0.29) is 35.1 Å². The fourth-order valence-corrected chi connectivity index (χ4v) is 5.04. The zero-order chi connectivity index (χ0) is 15.4. The van der Waals surface area contributed by atoms with Crippen molar-refractivity contribution in [1.29, 1.82) is 0 Å². The average Bonchev–Trinajstić information content (AvgIpc) is 2.61. The Morgan fingerprint density at radius 1 is 1.45 bits per heavy atom. The van der Waals surface area contributed by atoms with Crippen LogP contribution in [0.15, 0.2) is 0 Å². The monoisotopic (exact) mass is 323 g/mol. The molecule has 2 atom stereocenters. The number of carbonyl (C=O) groups is 2. The van der Waals surface area contributed by atoms with Crippen LogP contribution >= 0.6 is 11.8 Å². The van der Waals surface area contributed by atoms with Crippen molar-refractivity contribution in [2.45, 2.75) is 25.8 Å². The lowest BCUT2D eigenvalue weighted by Crippen LogP contribution is -2.47. The van der Waals surface area contributed by atoms with Crippen LogP contribution in [0.1, 0.15) is 20.3 Å². The molecule has 0 aromatic carbocycles. The van der Waals surface area contributed by atoms with Crippen molar-refractivity contribution in [2.75, 3.05) is 30.1 Å². The first-order valence-electron chi connectivity index (χ1n) is 6.34. The quantitative estimate of drug-likeness (QED) is 0.704. The summed E-state index contributed by atoms with van der Waals surface area (Å²) in [5, 5.41) is 2.77. The number of methoxy groups -OCH3 is 1. The van der Waals surface area contributed by atoms with Crippen molar-refractivity contribution < 1.29 is 22.7 Å². The molecule has 2 unspecified atom stereocenters. The Balaban J connectivity index is 2.33. The Morgan fingerprint density at radius 3 is 2.60 bits per heavy atom. The fraction of sp³-hybridized carbons (Fsp3) is 0.833. The van der Waals surface area contributed by atoms with Crippen LogP contribution in [-0.4, -0.2) is 56.0 Å². The Labute approximate surface area is 123 Å². The molecule has 8 heteroatoms. The van der Waals surface area contributed by atoms with Gasteiger partial charge in [0.25, 0.3) is 0 Å². The molecule has 0 saturated carbocycles. The van der Waals surface area contributed by atoms with Gasteiger partial charge in [0, 0.05) is 5.75 Å². The van der Waals surface area contributed by atoms with E-state index in [0.717, 1.165) is 0 Å². The molecule has 1 saturated heterocycles. The maximum absolute atomic E-state index is 11.8. The number of thioether (sulfide) groups is 1. The van der Waals surface area contributed by atoms with E-state index in [2.05, 4.69) is 10.1 Å². The van der Waals surface area contributed by atoms with Crippen LogP contribution in [0.25, 0.3) is 0 Å². The van der Waals surface area contributed by atoms with Crippen LogP contribution in [-0.2, 0) is 24.2 Å². The number of rotatable bonds is 6. The lowest BCUT2D eigenvalue weighted by atomic mass is 10.0. The molecule has 20 heavy (non-hydrogen) atoms. The van der Waals surface area contributed by atoms with Gasteiger partial charge in [-0.2, -0.15) is 11.8 Å². The van der Waals surface area contributed by atoms with Crippen molar-refractivity contribution in [3.05, 3.63) is 0 Å². The molecule has 1 rings (SSSR count). The second-order valence-corrected chi connectivity index (χ2v) is 8.60.